The third-order valence-corrected chi connectivity index (χ3v) is 4.25. The van der Waals surface area contributed by atoms with Crippen molar-refractivity contribution in [1.29, 1.82) is 0 Å². The van der Waals surface area contributed by atoms with Crippen molar-refractivity contribution in [2.45, 2.75) is 0 Å². The minimum Gasteiger partial charge on any atom is -0.437 e. The van der Waals surface area contributed by atoms with E-state index in [0.717, 1.165) is 10.9 Å². The fraction of sp³-hybridized carbons (Fsp3) is 0.120. The number of benzene rings is 1. The number of hydrogen-bond donors (Lipinski definition) is 2. The summed E-state index contributed by atoms with van der Waals surface area (Å²) >= 11 is 0. The first kappa shape index (κ1) is 24.8. The number of hydrogen-bond acceptors (Lipinski definition) is 8. The first-order valence-corrected chi connectivity index (χ1v) is 10.4. The second-order valence-electron chi connectivity index (χ2n) is 6.67. The van der Waals surface area contributed by atoms with E-state index in [4.69, 9.17) is 4.74 Å². The van der Waals surface area contributed by atoms with Crippen LogP contribution in [0.5, 0.6) is 11.6 Å². The van der Waals surface area contributed by atoms with Crippen LogP contribution in [0, 0.1) is 11.8 Å². The SMILES string of the molecule is CNC(=O)C#CCOC.O=C(Nc1ccccn1)c1ccc(Oc2ccnc3ccccc23)nn1. The Kier molecular flexibility index (Phi) is 9.18. The molecule has 0 saturated heterocycles. The van der Waals surface area contributed by atoms with Crippen molar-refractivity contribution < 1.29 is 19.1 Å². The first-order valence-electron chi connectivity index (χ1n) is 10.4. The number of anilines is 1. The Morgan fingerprint density at radius 1 is 0.943 bits per heavy atom. The van der Waals surface area contributed by atoms with Gasteiger partial charge < -0.3 is 20.1 Å². The highest BCUT2D eigenvalue weighted by atomic mass is 16.5. The van der Waals surface area contributed by atoms with Crippen molar-refractivity contribution in [3.8, 4) is 23.5 Å². The normalized spacial score (nSPS) is 9.66. The summed E-state index contributed by atoms with van der Waals surface area (Å²) in [6.07, 6.45) is 3.26. The molecule has 10 nitrogen and oxygen atoms in total. The van der Waals surface area contributed by atoms with E-state index in [9.17, 15) is 9.59 Å². The van der Waals surface area contributed by atoms with E-state index in [1.807, 2.05) is 24.3 Å². The fourth-order valence-corrected chi connectivity index (χ4v) is 2.63. The fourth-order valence-electron chi connectivity index (χ4n) is 2.63. The number of nitrogens with one attached hydrogen (secondary N) is 2. The quantitative estimate of drug-likeness (QED) is 0.426. The molecule has 3 aromatic heterocycles. The molecule has 0 bridgehead atoms. The van der Waals surface area contributed by atoms with Crippen molar-refractivity contribution in [2.24, 2.45) is 0 Å². The van der Waals surface area contributed by atoms with Gasteiger partial charge in [-0.15, -0.1) is 10.2 Å². The number of rotatable bonds is 5. The number of amides is 2. The van der Waals surface area contributed by atoms with Crippen molar-refractivity contribution in [3.05, 3.63) is 78.8 Å². The van der Waals surface area contributed by atoms with E-state index in [1.165, 1.54) is 14.2 Å². The van der Waals surface area contributed by atoms with Crippen LogP contribution >= 0.6 is 0 Å². The Hall–Kier alpha value is -4.88. The van der Waals surface area contributed by atoms with Crippen LogP contribution in [0.3, 0.4) is 0 Å². The van der Waals surface area contributed by atoms with E-state index >= 15 is 0 Å². The van der Waals surface area contributed by atoms with Gasteiger partial charge >= 0.3 is 0 Å². The Balaban J connectivity index is 0.000000327. The van der Waals surface area contributed by atoms with Gasteiger partial charge in [0.2, 0.25) is 5.88 Å². The minimum absolute atomic E-state index is 0.169. The summed E-state index contributed by atoms with van der Waals surface area (Å²) in [6.45, 7) is 0.299. The number of para-hydroxylation sites is 1. The summed E-state index contributed by atoms with van der Waals surface area (Å²) in [6, 6.07) is 17.8. The molecule has 0 saturated carbocycles. The number of aromatic nitrogens is 4. The van der Waals surface area contributed by atoms with E-state index in [2.05, 4.69) is 47.4 Å². The molecule has 1 aromatic carbocycles. The maximum atomic E-state index is 12.2. The molecule has 2 amide bonds. The molecule has 176 valence electrons. The second kappa shape index (κ2) is 13.0. The summed E-state index contributed by atoms with van der Waals surface area (Å²) in [5.41, 5.74) is 0.993. The predicted octanol–water partition coefficient (Wildman–Crippen LogP) is 2.85. The van der Waals surface area contributed by atoms with Crippen LogP contribution in [-0.4, -0.2) is 52.7 Å². The second-order valence-corrected chi connectivity index (χ2v) is 6.67. The maximum absolute atomic E-state index is 12.2. The zero-order valence-corrected chi connectivity index (χ0v) is 19.1. The molecule has 10 heteroatoms. The highest BCUT2D eigenvalue weighted by molar-refractivity contribution is 6.02. The summed E-state index contributed by atoms with van der Waals surface area (Å²) in [5, 5.41) is 13.8. The van der Waals surface area contributed by atoms with Crippen molar-refractivity contribution >= 4 is 28.5 Å². The number of pyridine rings is 2. The molecule has 3 heterocycles. The van der Waals surface area contributed by atoms with Gasteiger partial charge in [-0.05, 0) is 42.3 Å². The highest BCUT2D eigenvalue weighted by Crippen LogP contribution is 2.27. The number of methoxy groups -OCH3 is 1. The zero-order chi connectivity index (χ0) is 24.9. The summed E-state index contributed by atoms with van der Waals surface area (Å²) in [4.78, 5) is 30.8. The van der Waals surface area contributed by atoms with E-state index in [1.54, 1.807) is 48.8 Å². The van der Waals surface area contributed by atoms with Crippen LogP contribution in [0.2, 0.25) is 0 Å². The lowest BCUT2D eigenvalue weighted by molar-refractivity contribution is -0.115. The van der Waals surface area contributed by atoms with Crippen molar-refractivity contribution in [2.75, 3.05) is 26.1 Å². The lowest BCUT2D eigenvalue weighted by Gasteiger charge is -2.07. The van der Waals surface area contributed by atoms with Gasteiger partial charge in [0.05, 0.1) is 5.52 Å². The smallest absolute Gasteiger partial charge is 0.295 e. The van der Waals surface area contributed by atoms with Crippen LogP contribution in [0.1, 0.15) is 10.5 Å². The topological polar surface area (TPSA) is 128 Å². The molecule has 0 unspecified atom stereocenters. The number of carbonyl (C=O) groups is 2. The number of nitrogens with zero attached hydrogens (tertiary/aromatic N) is 4. The first-order chi connectivity index (χ1) is 17.1. The molecule has 0 spiro atoms. The molecule has 0 aliphatic heterocycles. The number of ether oxygens (including phenoxy) is 2. The Morgan fingerprint density at radius 2 is 1.77 bits per heavy atom. The van der Waals surface area contributed by atoms with Crippen LogP contribution in [0.15, 0.2) is 73.1 Å². The van der Waals surface area contributed by atoms with Gasteiger partial charge in [-0.2, -0.15) is 0 Å². The van der Waals surface area contributed by atoms with Gasteiger partial charge in [-0.3, -0.25) is 14.6 Å². The van der Waals surface area contributed by atoms with Crippen molar-refractivity contribution in [3.63, 3.8) is 0 Å². The molecule has 4 aromatic rings. The Bertz CT molecular complexity index is 1330. The van der Waals surface area contributed by atoms with Gasteiger partial charge in [0, 0.05) is 38.0 Å². The molecule has 35 heavy (non-hydrogen) atoms. The summed E-state index contributed by atoms with van der Waals surface area (Å²) in [5.74, 6) is 5.49. The Morgan fingerprint density at radius 3 is 2.49 bits per heavy atom. The maximum Gasteiger partial charge on any atom is 0.295 e. The van der Waals surface area contributed by atoms with Gasteiger partial charge in [-0.25, -0.2) is 4.98 Å². The average Bonchev–Trinajstić information content (AvgIpc) is 2.90. The molecule has 0 aliphatic rings. The average molecular weight is 470 g/mol. The molecule has 2 N–H and O–H groups in total. The van der Waals surface area contributed by atoms with Crippen LogP contribution < -0.4 is 15.4 Å². The highest BCUT2D eigenvalue weighted by Gasteiger charge is 2.11. The van der Waals surface area contributed by atoms with Crippen molar-refractivity contribution in [1.82, 2.24) is 25.5 Å². The standard InChI is InChI=1S/C19H13N5O2.C6H9NO2/c25-19(22-17-7-3-4-11-21-17)15-8-9-18(24-23-15)26-16-10-12-20-14-6-2-1-5-13(14)16;1-7-6(8)4-3-5-9-2/h1-12H,(H,21,22,25);5H2,1-2H3,(H,7,8). The van der Waals surface area contributed by atoms with Gasteiger partial charge in [0.15, 0.2) is 5.69 Å². The molecule has 0 radical (unpaired) electrons. The van der Waals surface area contributed by atoms with E-state index in [0.29, 0.717) is 18.2 Å². The van der Waals surface area contributed by atoms with Gasteiger partial charge in [-0.1, -0.05) is 24.1 Å². The number of carbonyl (C=O) groups excluding carboxylic acids is 2. The zero-order valence-electron chi connectivity index (χ0n) is 19.1. The molecular formula is C25H22N6O4. The largest absolute Gasteiger partial charge is 0.437 e. The minimum atomic E-state index is -0.392. The predicted molar refractivity (Wildman–Crippen MR) is 130 cm³/mol. The summed E-state index contributed by atoms with van der Waals surface area (Å²) < 4.78 is 10.4. The lowest BCUT2D eigenvalue weighted by Crippen LogP contribution is -2.15. The van der Waals surface area contributed by atoms with Crippen LogP contribution in [-0.2, 0) is 9.53 Å². The summed E-state index contributed by atoms with van der Waals surface area (Å²) in [7, 11) is 3.06. The van der Waals surface area contributed by atoms with E-state index in [-0.39, 0.29) is 17.5 Å². The Labute approximate surface area is 201 Å². The molecule has 0 fully saturated rings. The third kappa shape index (κ3) is 7.59. The lowest BCUT2D eigenvalue weighted by atomic mass is 10.2. The third-order valence-electron chi connectivity index (χ3n) is 4.25. The molecule has 4 rings (SSSR count). The molecular weight excluding hydrogens is 448 g/mol. The van der Waals surface area contributed by atoms with Gasteiger partial charge in [0.1, 0.15) is 18.2 Å². The van der Waals surface area contributed by atoms with Crippen LogP contribution in [0.25, 0.3) is 10.9 Å². The van der Waals surface area contributed by atoms with Crippen LogP contribution in [0.4, 0.5) is 5.82 Å². The monoisotopic (exact) mass is 470 g/mol. The van der Waals surface area contributed by atoms with E-state index < -0.39 is 5.91 Å². The number of fused-ring (bicyclic) bond motifs is 1. The molecule has 0 aliphatic carbocycles. The van der Waals surface area contributed by atoms with Gasteiger partial charge in [0.25, 0.3) is 11.8 Å². The molecule has 0 atom stereocenters.